The summed E-state index contributed by atoms with van der Waals surface area (Å²) in [6, 6.07) is 12.8. The Morgan fingerprint density at radius 3 is 1.44 bits per heavy atom. The number of carbonyl (C=O) groups excluding carboxylic acids is 5. The lowest BCUT2D eigenvalue weighted by molar-refractivity contribution is -0.118. The summed E-state index contributed by atoms with van der Waals surface area (Å²) in [5.41, 5.74) is 13.4. The Balaban J connectivity index is 0.000000306. The number of nitrogens with zero attached hydrogens (tertiary/aromatic N) is 6. The standard InChI is InChI=1S/C20H23N7O4.C18H19N5O4.C2H6N2O.CH4/c1-10-13(20(30)31-27-11(2)21)5-4-6-14(10)23-15-9-16(24-18(28)12-7-8-12)25-26-17(15)19(29)22-3;1-9-11(18(26)27)4-3-5-12(9)20-13-8-14(21-16(24)10-6-7-10)22-23-15(13)17(25)19-2;1-2(3)4-5;/h4-6,9,12H,7-8H2,1-3H3,(H2,21,27)(H,22,29)(H2,23,24,25,28);3-5,8,10H,6-7H2,1-2H3,(H,19,25)(H,26,27)(H2,20,21,22,24);5H,1H3,(H2,3,4);1H4. The fraction of sp³-hybridized carbons (Fsp3) is 0.317. The molecule has 0 unspecified atom stereocenters. The van der Waals surface area contributed by atoms with E-state index in [4.69, 9.17) is 21.5 Å². The molecule has 0 saturated heterocycles. The molecule has 0 aliphatic heterocycles. The molecule has 4 aromatic rings. The van der Waals surface area contributed by atoms with Crippen LogP contribution in [-0.4, -0.2) is 92.0 Å². The summed E-state index contributed by atoms with van der Waals surface area (Å²) in [4.78, 5) is 76.8. The van der Waals surface area contributed by atoms with E-state index in [1.807, 2.05) is 0 Å². The summed E-state index contributed by atoms with van der Waals surface area (Å²) in [7, 11) is 2.94. The number of amidine groups is 2. The Bertz CT molecular complexity index is 2440. The average molecular weight is 885 g/mol. The number of carbonyl (C=O) groups is 6. The number of nitrogens with one attached hydrogen (secondary N) is 6. The van der Waals surface area contributed by atoms with Crippen molar-refractivity contribution in [1.29, 1.82) is 0 Å². The number of nitrogens with two attached hydrogens (primary N) is 2. The lowest BCUT2D eigenvalue weighted by Gasteiger charge is -2.15. The molecule has 0 radical (unpaired) electrons. The van der Waals surface area contributed by atoms with Crippen LogP contribution >= 0.6 is 0 Å². The van der Waals surface area contributed by atoms with Gasteiger partial charge in [-0.1, -0.05) is 29.9 Å². The number of carboxylic acid groups (broad SMARTS) is 1. The fourth-order valence-electron chi connectivity index (χ4n) is 5.26. The fourth-order valence-corrected chi connectivity index (χ4v) is 5.26. The number of rotatable bonds is 13. The largest absolute Gasteiger partial charge is 0.478 e. The number of oxime groups is 2. The van der Waals surface area contributed by atoms with E-state index in [2.05, 4.69) is 62.6 Å². The molecule has 6 rings (SSSR count). The van der Waals surface area contributed by atoms with Crippen LogP contribution in [0, 0.1) is 25.7 Å². The van der Waals surface area contributed by atoms with Gasteiger partial charge in [0.25, 0.3) is 11.8 Å². The highest BCUT2D eigenvalue weighted by atomic mass is 16.7. The van der Waals surface area contributed by atoms with Gasteiger partial charge in [-0.05, 0) is 88.8 Å². The van der Waals surface area contributed by atoms with Crippen molar-refractivity contribution in [3.63, 3.8) is 0 Å². The summed E-state index contributed by atoms with van der Waals surface area (Å²) in [5, 5.41) is 55.1. The Labute approximate surface area is 367 Å². The topological polar surface area (TPSA) is 353 Å². The first-order valence-electron chi connectivity index (χ1n) is 19.2. The van der Waals surface area contributed by atoms with Crippen molar-refractivity contribution in [3.8, 4) is 0 Å². The van der Waals surface area contributed by atoms with Crippen LogP contribution in [0.25, 0.3) is 0 Å². The maximum absolute atomic E-state index is 12.3. The Kier molecular flexibility index (Phi) is 18.1. The minimum absolute atomic E-state index is 0. The average Bonchev–Trinajstić information content (AvgIpc) is 4.19. The Morgan fingerprint density at radius 1 is 0.672 bits per heavy atom. The monoisotopic (exact) mass is 884 g/mol. The maximum atomic E-state index is 12.3. The quantitative estimate of drug-likeness (QED) is 0.0298. The predicted molar refractivity (Wildman–Crippen MR) is 238 cm³/mol. The van der Waals surface area contributed by atoms with Gasteiger partial charge in [0.05, 0.1) is 22.5 Å². The van der Waals surface area contributed by atoms with E-state index in [0.717, 1.165) is 25.7 Å². The molecule has 2 aromatic heterocycles. The van der Waals surface area contributed by atoms with Crippen molar-refractivity contribution >= 4 is 81.6 Å². The number of aromatic carboxylic acids is 1. The van der Waals surface area contributed by atoms with Crippen molar-refractivity contribution in [2.24, 2.45) is 33.6 Å². The van der Waals surface area contributed by atoms with Crippen LogP contribution in [0.15, 0.2) is 58.8 Å². The molecule has 0 spiro atoms. The van der Waals surface area contributed by atoms with E-state index in [1.54, 1.807) is 44.2 Å². The summed E-state index contributed by atoms with van der Waals surface area (Å²) in [5.74, 6) is -2.20. The Hall–Kier alpha value is -8.24. The van der Waals surface area contributed by atoms with Gasteiger partial charge < -0.3 is 58.5 Å². The van der Waals surface area contributed by atoms with Gasteiger partial charge in [0.15, 0.2) is 23.0 Å². The van der Waals surface area contributed by atoms with Gasteiger partial charge in [-0.25, -0.2) is 9.59 Å². The molecule has 2 aliphatic rings. The SMILES string of the molecule is C.C/C(N)=N/O.CNC(=O)c1nnc(NC(=O)C2CC2)cc1Nc1cccc(C(=O)O)c1C.CNC(=O)c1nnc(NC(=O)C2CC2)cc1Nc1cccc(C(=O)O/N=C(/C)N)c1C. The smallest absolute Gasteiger partial charge is 0.366 e. The zero-order valence-corrected chi connectivity index (χ0v) is 35.2. The molecule has 23 heteroatoms. The van der Waals surface area contributed by atoms with Gasteiger partial charge in [0, 0.05) is 49.4 Å². The highest BCUT2D eigenvalue weighted by Gasteiger charge is 2.31. The van der Waals surface area contributed by atoms with Gasteiger partial charge in [0.1, 0.15) is 11.7 Å². The molecular formula is C41H52N14O9. The predicted octanol–water partition coefficient (Wildman–Crippen LogP) is 4.01. The van der Waals surface area contributed by atoms with E-state index >= 15 is 0 Å². The molecule has 340 valence electrons. The number of anilines is 6. The highest BCUT2D eigenvalue weighted by molar-refractivity contribution is 6.01. The van der Waals surface area contributed by atoms with Crippen molar-refractivity contribution < 1.29 is 43.9 Å². The van der Waals surface area contributed by atoms with E-state index in [9.17, 15) is 33.9 Å². The zero-order chi connectivity index (χ0) is 46.4. The van der Waals surface area contributed by atoms with Crippen LogP contribution in [0.3, 0.4) is 0 Å². The van der Waals surface area contributed by atoms with E-state index in [-0.39, 0.29) is 76.9 Å². The van der Waals surface area contributed by atoms with Crippen LogP contribution in [0.2, 0.25) is 0 Å². The molecule has 2 fully saturated rings. The second-order valence-corrected chi connectivity index (χ2v) is 14.0. The molecule has 64 heavy (non-hydrogen) atoms. The lowest BCUT2D eigenvalue weighted by Crippen LogP contribution is -2.22. The third-order valence-corrected chi connectivity index (χ3v) is 8.96. The van der Waals surface area contributed by atoms with Gasteiger partial charge in [-0.3, -0.25) is 19.2 Å². The van der Waals surface area contributed by atoms with Crippen LogP contribution in [0.5, 0.6) is 0 Å². The molecule has 2 heterocycles. The third kappa shape index (κ3) is 14.2. The number of carboxylic acids is 1. The molecule has 0 atom stereocenters. The molecule has 12 N–H and O–H groups in total. The summed E-state index contributed by atoms with van der Waals surface area (Å²) in [6.07, 6.45) is 3.39. The second kappa shape index (κ2) is 23.1. The lowest BCUT2D eigenvalue weighted by atomic mass is 10.1. The highest BCUT2D eigenvalue weighted by Crippen LogP contribution is 2.32. The molecule has 2 aromatic carbocycles. The second-order valence-electron chi connectivity index (χ2n) is 14.0. The molecule has 0 bridgehead atoms. The van der Waals surface area contributed by atoms with Crippen molar-refractivity contribution in [1.82, 2.24) is 31.0 Å². The normalized spacial score (nSPS) is 12.8. The number of hydrogen-bond donors (Lipinski definition) is 10. The van der Waals surface area contributed by atoms with E-state index in [1.165, 1.54) is 46.1 Å². The number of amides is 4. The van der Waals surface area contributed by atoms with Crippen LogP contribution in [0.1, 0.15) is 99.8 Å². The number of benzene rings is 2. The summed E-state index contributed by atoms with van der Waals surface area (Å²) < 4.78 is 0. The molecular weight excluding hydrogens is 833 g/mol. The van der Waals surface area contributed by atoms with Gasteiger partial charge >= 0.3 is 11.9 Å². The number of aromatic nitrogens is 4. The van der Waals surface area contributed by atoms with Crippen LogP contribution in [-0.2, 0) is 14.4 Å². The first kappa shape index (κ1) is 50.1. The van der Waals surface area contributed by atoms with Crippen LogP contribution in [0.4, 0.5) is 34.4 Å². The minimum Gasteiger partial charge on any atom is -0.478 e. The molecule has 2 saturated carbocycles. The van der Waals surface area contributed by atoms with Gasteiger partial charge in [0.2, 0.25) is 11.8 Å². The molecule has 2 aliphatic carbocycles. The van der Waals surface area contributed by atoms with Gasteiger partial charge in [-0.15, -0.1) is 20.4 Å². The number of hydrogen-bond acceptors (Lipinski definition) is 16. The van der Waals surface area contributed by atoms with E-state index in [0.29, 0.717) is 33.9 Å². The van der Waals surface area contributed by atoms with Gasteiger partial charge in [-0.2, -0.15) is 0 Å². The van der Waals surface area contributed by atoms with Crippen molar-refractivity contribution in [3.05, 3.63) is 82.2 Å². The third-order valence-electron chi connectivity index (χ3n) is 8.96. The maximum Gasteiger partial charge on any atom is 0.366 e. The molecule has 4 amide bonds. The molecule has 23 nitrogen and oxygen atoms in total. The van der Waals surface area contributed by atoms with E-state index < -0.39 is 23.8 Å². The van der Waals surface area contributed by atoms with Crippen molar-refractivity contribution in [2.45, 2.75) is 60.8 Å². The van der Waals surface area contributed by atoms with Crippen molar-refractivity contribution in [2.75, 3.05) is 35.4 Å². The Morgan fingerprint density at radius 2 is 1.08 bits per heavy atom. The first-order valence-corrected chi connectivity index (χ1v) is 19.2. The first-order chi connectivity index (χ1) is 30.0. The minimum atomic E-state index is -1.05. The summed E-state index contributed by atoms with van der Waals surface area (Å²) in [6.45, 7) is 6.37. The summed E-state index contributed by atoms with van der Waals surface area (Å²) >= 11 is 0. The van der Waals surface area contributed by atoms with Crippen LogP contribution < -0.4 is 43.4 Å². The zero-order valence-electron chi connectivity index (χ0n) is 35.2.